The minimum Gasteiger partial charge on any atom is -0.464 e. The van der Waals surface area contributed by atoms with Gasteiger partial charge in [-0.15, -0.1) is 0 Å². The molecule has 4 heteroatoms. The minimum absolute atomic E-state index is 0.302. The van der Waals surface area contributed by atoms with E-state index in [-0.39, 0.29) is 5.97 Å². The SMILES string of the molecule is CCOC(=O)C(OC(C)(C)C)c1c(C)cc2ccccc2c1-c1ccc2c3c(ccnc13)C1CC21. The molecule has 2 aliphatic carbocycles. The predicted molar refractivity (Wildman–Crippen MR) is 140 cm³/mol. The van der Waals surface area contributed by atoms with E-state index in [4.69, 9.17) is 14.5 Å². The Balaban J connectivity index is 1.69. The van der Waals surface area contributed by atoms with Crippen molar-refractivity contribution in [1.29, 1.82) is 0 Å². The molecule has 2 aliphatic rings. The maximum Gasteiger partial charge on any atom is 0.339 e. The molecule has 4 aromatic rings. The first-order valence-electron chi connectivity index (χ1n) is 12.6. The van der Waals surface area contributed by atoms with Crippen LogP contribution in [-0.2, 0) is 14.3 Å². The lowest BCUT2D eigenvalue weighted by Crippen LogP contribution is -2.29. The van der Waals surface area contributed by atoms with Crippen molar-refractivity contribution >= 4 is 27.6 Å². The standard InChI is InChI=1S/C31H31NO3/c1-6-34-30(33)29(35-31(3,4)5)25-17(2)15-18-9-7-8-10-19(18)26(25)22-12-11-20-23-16-24(23)21-13-14-32-28(22)27(20)21/h7-15,23-24,29H,6,16H2,1-5H3. The Morgan fingerprint density at radius 3 is 2.57 bits per heavy atom. The van der Waals surface area contributed by atoms with Gasteiger partial charge >= 0.3 is 5.97 Å². The van der Waals surface area contributed by atoms with Crippen molar-refractivity contribution in [3.05, 3.63) is 77.0 Å². The molecule has 1 fully saturated rings. The zero-order chi connectivity index (χ0) is 24.5. The molecule has 1 saturated carbocycles. The van der Waals surface area contributed by atoms with Gasteiger partial charge in [0.1, 0.15) is 0 Å². The molecule has 3 atom stereocenters. The van der Waals surface area contributed by atoms with Crippen molar-refractivity contribution in [2.24, 2.45) is 0 Å². The number of fused-ring (bicyclic) bond motifs is 4. The summed E-state index contributed by atoms with van der Waals surface area (Å²) in [5, 5.41) is 3.52. The summed E-state index contributed by atoms with van der Waals surface area (Å²) in [4.78, 5) is 18.3. The molecule has 3 unspecified atom stereocenters. The quantitative estimate of drug-likeness (QED) is 0.289. The number of pyridine rings is 1. The molecule has 0 bridgehead atoms. The third-order valence-electron chi connectivity index (χ3n) is 7.35. The summed E-state index contributed by atoms with van der Waals surface area (Å²) >= 11 is 0. The maximum absolute atomic E-state index is 13.4. The van der Waals surface area contributed by atoms with Crippen LogP contribution in [0.2, 0.25) is 0 Å². The molecule has 6 rings (SSSR count). The van der Waals surface area contributed by atoms with Crippen molar-refractivity contribution in [2.45, 2.75) is 64.6 Å². The van der Waals surface area contributed by atoms with Crippen LogP contribution < -0.4 is 0 Å². The number of ether oxygens (including phenoxy) is 2. The Hall–Kier alpha value is -3.24. The summed E-state index contributed by atoms with van der Waals surface area (Å²) in [6.07, 6.45) is 2.35. The van der Waals surface area contributed by atoms with Crippen LogP contribution in [0.25, 0.3) is 32.8 Å². The molecule has 0 radical (unpaired) electrons. The van der Waals surface area contributed by atoms with Crippen molar-refractivity contribution in [3.63, 3.8) is 0 Å². The smallest absolute Gasteiger partial charge is 0.339 e. The van der Waals surface area contributed by atoms with Crippen LogP contribution in [0.5, 0.6) is 0 Å². The molecule has 178 valence electrons. The van der Waals surface area contributed by atoms with Crippen molar-refractivity contribution in [1.82, 2.24) is 4.98 Å². The molecule has 0 amide bonds. The summed E-state index contributed by atoms with van der Waals surface area (Å²) in [5.41, 5.74) is 7.26. The number of aromatic nitrogens is 1. The van der Waals surface area contributed by atoms with Gasteiger partial charge in [0.2, 0.25) is 0 Å². The highest BCUT2D eigenvalue weighted by Crippen LogP contribution is 2.63. The number of rotatable bonds is 5. The van der Waals surface area contributed by atoms with Gasteiger partial charge in [-0.3, -0.25) is 4.98 Å². The van der Waals surface area contributed by atoms with Gasteiger partial charge in [0, 0.05) is 22.7 Å². The highest BCUT2D eigenvalue weighted by Gasteiger charge is 2.47. The average Bonchev–Trinajstić information content (AvgIpc) is 3.55. The fourth-order valence-electron chi connectivity index (χ4n) is 5.95. The Morgan fingerprint density at radius 2 is 1.83 bits per heavy atom. The van der Waals surface area contributed by atoms with Gasteiger partial charge in [-0.1, -0.05) is 42.5 Å². The van der Waals surface area contributed by atoms with Crippen molar-refractivity contribution in [3.8, 4) is 11.1 Å². The number of hydrogen-bond donors (Lipinski definition) is 0. The molecule has 3 aromatic carbocycles. The molecule has 0 aliphatic heterocycles. The summed E-state index contributed by atoms with van der Waals surface area (Å²) in [5.74, 6) is 0.911. The van der Waals surface area contributed by atoms with Gasteiger partial charge in [-0.05, 0) is 92.0 Å². The molecule has 0 spiro atoms. The zero-order valence-electron chi connectivity index (χ0n) is 21.0. The van der Waals surface area contributed by atoms with Gasteiger partial charge in [0.05, 0.1) is 17.7 Å². The maximum atomic E-state index is 13.4. The monoisotopic (exact) mass is 465 g/mol. The lowest BCUT2D eigenvalue weighted by Gasteiger charge is -2.30. The molecule has 0 saturated heterocycles. The fourth-order valence-corrected chi connectivity index (χ4v) is 5.95. The molecule has 4 nitrogen and oxygen atoms in total. The third kappa shape index (κ3) is 3.54. The second-order valence-corrected chi connectivity index (χ2v) is 10.8. The summed E-state index contributed by atoms with van der Waals surface area (Å²) in [6.45, 7) is 10.1. The largest absolute Gasteiger partial charge is 0.464 e. The van der Waals surface area contributed by atoms with Gasteiger partial charge in [0.15, 0.2) is 6.10 Å². The van der Waals surface area contributed by atoms with Gasteiger partial charge in [0.25, 0.3) is 0 Å². The first-order valence-corrected chi connectivity index (χ1v) is 12.6. The highest BCUT2D eigenvalue weighted by molar-refractivity contribution is 6.09. The number of carbonyl (C=O) groups is 1. The second kappa shape index (κ2) is 7.89. The van der Waals surface area contributed by atoms with Crippen LogP contribution in [0, 0.1) is 6.92 Å². The fraction of sp³-hybridized carbons (Fsp3) is 0.355. The van der Waals surface area contributed by atoms with E-state index < -0.39 is 11.7 Å². The highest BCUT2D eigenvalue weighted by atomic mass is 16.6. The van der Waals surface area contributed by atoms with Crippen molar-refractivity contribution in [2.75, 3.05) is 6.61 Å². The Bertz CT molecular complexity index is 1480. The van der Waals surface area contributed by atoms with Crippen LogP contribution in [0.15, 0.2) is 54.7 Å². The number of aryl methyl sites for hydroxylation is 1. The average molecular weight is 466 g/mol. The molecule has 1 heterocycles. The van der Waals surface area contributed by atoms with E-state index in [1.807, 2.05) is 33.9 Å². The predicted octanol–water partition coefficient (Wildman–Crippen LogP) is 7.37. The Kier molecular flexibility index (Phi) is 5.01. The topological polar surface area (TPSA) is 48.4 Å². The van der Waals surface area contributed by atoms with Crippen LogP contribution in [0.3, 0.4) is 0 Å². The zero-order valence-corrected chi connectivity index (χ0v) is 21.0. The molecule has 1 aromatic heterocycles. The van der Waals surface area contributed by atoms with E-state index >= 15 is 0 Å². The van der Waals surface area contributed by atoms with E-state index in [0.29, 0.717) is 18.4 Å². The minimum atomic E-state index is -0.842. The third-order valence-corrected chi connectivity index (χ3v) is 7.35. The number of benzene rings is 3. The van der Waals surface area contributed by atoms with E-state index in [0.717, 1.165) is 38.5 Å². The van der Waals surface area contributed by atoms with E-state index in [2.05, 4.69) is 55.5 Å². The Labute approximate surface area is 206 Å². The van der Waals surface area contributed by atoms with Gasteiger partial charge in [-0.25, -0.2) is 4.79 Å². The lowest BCUT2D eigenvalue weighted by molar-refractivity contribution is -0.166. The van der Waals surface area contributed by atoms with E-state index in [9.17, 15) is 4.79 Å². The van der Waals surface area contributed by atoms with Crippen LogP contribution >= 0.6 is 0 Å². The molecule has 0 N–H and O–H groups in total. The van der Waals surface area contributed by atoms with Gasteiger partial charge < -0.3 is 9.47 Å². The first-order chi connectivity index (χ1) is 16.8. The summed E-state index contributed by atoms with van der Waals surface area (Å²) in [7, 11) is 0. The number of carbonyl (C=O) groups excluding carboxylic acids is 1. The molecular weight excluding hydrogens is 434 g/mol. The normalized spacial score (nSPS) is 19.1. The lowest BCUT2D eigenvalue weighted by atomic mass is 9.85. The van der Waals surface area contributed by atoms with Gasteiger partial charge in [-0.2, -0.15) is 0 Å². The van der Waals surface area contributed by atoms with E-state index in [1.165, 1.54) is 22.9 Å². The summed E-state index contributed by atoms with van der Waals surface area (Å²) in [6, 6.07) is 17.2. The van der Waals surface area contributed by atoms with Crippen molar-refractivity contribution < 1.29 is 14.3 Å². The second-order valence-electron chi connectivity index (χ2n) is 10.8. The van der Waals surface area contributed by atoms with E-state index in [1.54, 1.807) is 0 Å². The van der Waals surface area contributed by atoms with Crippen LogP contribution in [0.1, 0.15) is 74.3 Å². The number of nitrogens with zero attached hydrogens (tertiary/aromatic N) is 1. The van der Waals surface area contributed by atoms with Crippen LogP contribution in [-0.4, -0.2) is 23.2 Å². The first kappa shape index (κ1) is 22.2. The molecule has 35 heavy (non-hydrogen) atoms. The number of esters is 1. The Morgan fingerprint density at radius 1 is 1.09 bits per heavy atom. The summed E-state index contributed by atoms with van der Waals surface area (Å²) < 4.78 is 12.0. The number of hydrogen-bond acceptors (Lipinski definition) is 4. The van der Waals surface area contributed by atoms with Crippen LogP contribution in [0.4, 0.5) is 0 Å². The molecular formula is C31H31NO3.